The molecule has 2 rings (SSSR count). The molecule has 0 spiro atoms. The number of likely N-dealkylation sites (N-methyl/N-ethyl adjacent to an activating group) is 1. The van der Waals surface area contributed by atoms with Crippen molar-refractivity contribution in [1.82, 2.24) is 4.90 Å². The normalized spacial score (nSPS) is 20.5. The second-order valence-corrected chi connectivity index (χ2v) is 5.01. The standard InChI is InChI=1S/C12H14Cl2N2O/c1-16-7-3-6-10(16)12(17)15-9-5-2-4-8(13)11(9)14/h2,4-5,10H,3,6-7H2,1H3,(H,15,17). The number of anilines is 1. The molecule has 0 saturated carbocycles. The van der Waals surface area contributed by atoms with Crippen LogP contribution in [0, 0.1) is 0 Å². The van der Waals surface area contributed by atoms with E-state index in [1.54, 1.807) is 18.2 Å². The van der Waals surface area contributed by atoms with Crippen molar-refractivity contribution in [2.45, 2.75) is 18.9 Å². The average Bonchev–Trinajstić information content (AvgIpc) is 2.71. The zero-order chi connectivity index (χ0) is 12.4. The summed E-state index contributed by atoms with van der Waals surface area (Å²) in [5, 5.41) is 3.67. The number of hydrogen-bond donors (Lipinski definition) is 1. The number of likely N-dealkylation sites (tertiary alicyclic amines) is 1. The number of halogens is 2. The molecule has 1 aliphatic heterocycles. The Kier molecular flexibility index (Phi) is 3.92. The first-order chi connectivity index (χ1) is 8.09. The van der Waals surface area contributed by atoms with E-state index in [2.05, 4.69) is 5.32 Å². The highest BCUT2D eigenvalue weighted by atomic mass is 35.5. The Labute approximate surface area is 111 Å². The van der Waals surface area contributed by atoms with Gasteiger partial charge in [-0.05, 0) is 38.6 Å². The fraction of sp³-hybridized carbons (Fsp3) is 0.417. The minimum Gasteiger partial charge on any atom is -0.323 e. The second kappa shape index (κ2) is 5.25. The quantitative estimate of drug-likeness (QED) is 0.898. The van der Waals surface area contributed by atoms with E-state index in [-0.39, 0.29) is 11.9 Å². The maximum atomic E-state index is 12.0. The van der Waals surface area contributed by atoms with Gasteiger partial charge < -0.3 is 5.32 Å². The molecule has 1 heterocycles. The number of amides is 1. The topological polar surface area (TPSA) is 32.3 Å². The lowest BCUT2D eigenvalue weighted by molar-refractivity contribution is -0.119. The molecule has 0 radical (unpaired) electrons. The van der Waals surface area contributed by atoms with Crippen LogP contribution in [-0.4, -0.2) is 30.4 Å². The van der Waals surface area contributed by atoms with Crippen molar-refractivity contribution in [2.24, 2.45) is 0 Å². The van der Waals surface area contributed by atoms with Gasteiger partial charge in [-0.1, -0.05) is 29.3 Å². The lowest BCUT2D eigenvalue weighted by atomic mass is 10.2. The van der Waals surface area contributed by atoms with Gasteiger partial charge in [-0.2, -0.15) is 0 Å². The zero-order valence-corrected chi connectivity index (χ0v) is 11.1. The first-order valence-corrected chi connectivity index (χ1v) is 6.30. The van der Waals surface area contributed by atoms with Gasteiger partial charge >= 0.3 is 0 Å². The van der Waals surface area contributed by atoms with E-state index in [1.807, 2.05) is 11.9 Å². The summed E-state index contributed by atoms with van der Waals surface area (Å²) in [6.07, 6.45) is 1.94. The van der Waals surface area contributed by atoms with Gasteiger partial charge in [0.1, 0.15) is 0 Å². The predicted octanol–water partition coefficient (Wildman–Crippen LogP) is 3.03. The predicted molar refractivity (Wildman–Crippen MR) is 70.7 cm³/mol. The molecular formula is C12H14Cl2N2O. The summed E-state index contributed by atoms with van der Waals surface area (Å²) in [5.74, 6) is -0.0193. The average molecular weight is 273 g/mol. The third-order valence-electron chi connectivity index (χ3n) is 3.03. The van der Waals surface area contributed by atoms with Gasteiger partial charge in [-0.3, -0.25) is 9.69 Å². The number of benzene rings is 1. The maximum absolute atomic E-state index is 12.0. The van der Waals surface area contributed by atoms with Crippen LogP contribution in [-0.2, 0) is 4.79 Å². The summed E-state index contributed by atoms with van der Waals surface area (Å²) in [6, 6.07) is 5.15. The fourth-order valence-corrected chi connectivity index (χ4v) is 2.41. The Morgan fingerprint density at radius 2 is 2.24 bits per heavy atom. The Balaban J connectivity index is 2.10. The molecule has 1 aromatic rings. The van der Waals surface area contributed by atoms with Crippen LogP contribution in [0.5, 0.6) is 0 Å². The van der Waals surface area contributed by atoms with Gasteiger partial charge in [0, 0.05) is 0 Å². The summed E-state index contributed by atoms with van der Waals surface area (Å²) < 4.78 is 0. The van der Waals surface area contributed by atoms with Gasteiger partial charge in [0.2, 0.25) is 5.91 Å². The number of rotatable bonds is 2. The molecule has 92 valence electrons. The molecule has 1 saturated heterocycles. The number of carbonyl (C=O) groups is 1. The van der Waals surface area contributed by atoms with Crippen molar-refractivity contribution >= 4 is 34.8 Å². The third kappa shape index (κ3) is 2.73. The Hall–Kier alpha value is -0.770. The van der Waals surface area contributed by atoms with Crippen LogP contribution < -0.4 is 5.32 Å². The van der Waals surface area contributed by atoms with E-state index in [0.29, 0.717) is 15.7 Å². The Morgan fingerprint density at radius 1 is 1.47 bits per heavy atom. The van der Waals surface area contributed by atoms with E-state index in [1.165, 1.54) is 0 Å². The van der Waals surface area contributed by atoms with Crippen LogP contribution in [0.15, 0.2) is 18.2 Å². The van der Waals surface area contributed by atoms with E-state index in [0.717, 1.165) is 19.4 Å². The van der Waals surface area contributed by atoms with Gasteiger partial charge in [0.05, 0.1) is 21.8 Å². The summed E-state index contributed by atoms with van der Waals surface area (Å²) in [5.41, 5.74) is 0.574. The van der Waals surface area contributed by atoms with E-state index in [4.69, 9.17) is 23.2 Å². The van der Waals surface area contributed by atoms with Crippen molar-refractivity contribution in [2.75, 3.05) is 18.9 Å². The van der Waals surface area contributed by atoms with Gasteiger partial charge in [-0.25, -0.2) is 0 Å². The third-order valence-corrected chi connectivity index (χ3v) is 3.85. The van der Waals surface area contributed by atoms with Crippen LogP contribution in [0.2, 0.25) is 10.0 Å². The molecule has 3 nitrogen and oxygen atoms in total. The van der Waals surface area contributed by atoms with Crippen LogP contribution in [0.25, 0.3) is 0 Å². The number of nitrogens with zero attached hydrogens (tertiary/aromatic N) is 1. The molecular weight excluding hydrogens is 259 g/mol. The molecule has 1 N–H and O–H groups in total. The highest BCUT2D eigenvalue weighted by Gasteiger charge is 2.28. The molecule has 1 unspecified atom stereocenters. The molecule has 1 fully saturated rings. The summed E-state index contributed by atoms with van der Waals surface area (Å²) in [4.78, 5) is 14.1. The highest BCUT2D eigenvalue weighted by molar-refractivity contribution is 6.44. The van der Waals surface area contributed by atoms with Gasteiger partial charge in [0.15, 0.2) is 0 Å². The first kappa shape index (κ1) is 12.7. The number of carbonyl (C=O) groups excluding carboxylic acids is 1. The van der Waals surface area contributed by atoms with Crippen molar-refractivity contribution in [3.8, 4) is 0 Å². The first-order valence-electron chi connectivity index (χ1n) is 5.54. The van der Waals surface area contributed by atoms with Crippen LogP contribution in [0.4, 0.5) is 5.69 Å². The summed E-state index contributed by atoms with van der Waals surface area (Å²) >= 11 is 11.9. The SMILES string of the molecule is CN1CCCC1C(=O)Nc1cccc(Cl)c1Cl. The Morgan fingerprint density at radius 3 is 2.88 bits per heavy atom. The lowest BCUT2D eigenvalue weighted by Gasteiger charge is -2.19. The largest absolute Gasteiger partial charge is 0.323 e. The van der Waals surface area contributed by atoms with E-state index >= 15 is 0 Å². The molecule has 0 aromatic heterocycles. The zero-order valence-electron chi connectivity index (χ0n) is 9.54. The molecule has 5 heteroatoms. The monoisotopic (exact) mass is 272 g/mol. The van der Waals surface area contributed by atoms with E-state index < -0.39 is 0 Å². The number of hydrogen-bond acceptors (Lipinski definition) is 2. The van der Waals surface area contributed by atoms with Crippen molar-refractivity contribution in [3.63, 3.8) is 0 Å². The molecule has 0 bridgehead atoms. The van der Waals surface area contributed by atoms with Crippen LogP contribution in [0.1, 0.15) is 12.8 Å². The maximum Gasteiger partial charge on any atom is 0.241 e. The highest BCUT2D eigenvalue weighted by Crippen LogP contribution is 2.30. The summed E-state index contributed by atoms with van der Waals surface area (Å²) in [6.45, 7) is 0.960. The lowest BCUT2D eigenvalue weighted by Crippen LogP contribution is -2.37. The van der Waals surface area contributed by atoms with E-state index in [9.17, 15) is 4.79 Å². The molecule has 0 aliphatic carbocycles. The number of nitrogens with one attached hydrogen (secondary N) is 1. The van der Waals surface area contributed by atoms with Crippen molar-refractivity contribution < 1.29 is 4.79 Å². The van der Waals surface area contributed by atoms with Crippen molar-refractivity contribution in [1.29, 1.82) is 0 Å². The Bertz CT molecular complexity index is 437. The smallest absolute Gasteiger partial charge is 0.241 e. The van der Waals surface area contributed by atoms with Gasteiger partial charge in [0.25, 0.3) is 0 Å². The van der Waals surface area contributed by atoms with Gasteiger partial charge in [-0.15, -0.1) is 0 Å². The summed E-state index contributed by atoms with van der Waals surface area (Å²) in [7, 11) is 1.96. The molecule has 1 aromatic carbocycles. The minimum atomic E-state index is -0.0648. The molecule has 1 atom stereocenters. The fourth-order valence-electron chi connectivity index (χ4n) is 2.06. The second-order valence-electron chi connectivity index (χ2n) is 4.23. The van der Waals surface area contributed by atoms with Crippen LogP contribution >= 0.6 is 23.2 Å². The molecule has 1 aliphatic rings. The van der Waals surface area contributed by atoms with Crippen LogP contribution in [0.3, 0.4) is 0 Å². The molecule has 1 amide bonds. The van der Waals surface area contributed by atoms with Crippen molar-refractivity contribution in [3.05, 3.63) is 28.2 Å². The minimum absolute atomic E-state index is 0.0193. The molecule has 17 heavy (non-hydrogen) atoms.